The second-order valence-electron chi connectivity index (χ2n) is 1.74. The van der Waals surface area contributed by atoms with Crippen LogP contribution in [0.2, 0.25) is 0 Å². The van der Waals surface area contributed by atoms with E-state index in [2.05, 4.69) is 20.2 Å². The first-order valence-electron chi connectivity index (χ1n) is 2.24. The monoisotopic (exact) mass is 108 g/mol. The van der Waals surface area contributed by atoms with E-state index >= 15 is 0 Å². The molecule has 0 amide bonds. The van der Waals surface area contributed by atoms with Gasteiger partial charge >= 0.3 is 44.9 Å². The minimum absolute atomic E-state index is 0.456. The summed E-state index contributed by atoms with van der Waals surface area (Å²) in [5.41, 5.74) is 2.79. The summed E-state index contributed by atoms with van der Waals surface area (Å²) in [5, 5.41) is 0. The van der Waals surface area contributed by atoms with Crippen LogP contribution in [0.15, 0.2) is 0 Å². The van der Waals surface area contributed by atoms with E-state index in [0.29, 0.717) is 11.8 Å². The molecule has 1 aliphatic rings. The number of hydrogen-bond donors (Lipinski definition) is 0. The van der Waals surface area contributed by atoms with Crippen molar-refractivity contribution < 1.29 is 0 Å². The molecule has 1 aliphatic carbocycles. The number of rotatable bonds is 0. The quantitative estimate of drug-likeness (QED) is 0.327. The van der Waals surface area contributed by atoms with E-state index in [-0.39, 0.29) is 0 Å². The van der Waals surface area contributed by atoms with Crippen LogP contribution >= 0.6 is 8.70 Å². The summed E-state index contributed by atoms with van der Waals surface area (Å²) in [5.74, 6) is 3.58. The van der Waals surface area contributed by atoms with Gasteiger partial charge in [-0.15, -0.1) is 0 Å². The first-order chi connectivity index (χ1) is 3.38. The van der Waals surface area contributed by atoms with Crippen molar-refractivity contribution in [3.63, 3.8) is 0 Å². The Balaban J connectivity index is 2.39. The van der Waals surface area contributed by atoms with Crippen molar-refractivity contribution in [3.05, 3.63) is 0 Å². The van der Waals surface area contributed by atoms with Crippen LogP contribution in [0.5, 0.6) is 0 Å². The molecule has 0 aromatic carbocycles. The van der Waals surface area contributed by atoms with Crippen molar-refractivity contribution in [2.45, 2.75) is 6.42 Å². The second kappa shape index (κ2) is 1.71. The molecule has 0 aromatic rings. The summed E-state index contributed by atoms with van der Waals surface area (Å²) in [4.78, 5) is 0. The molecule has 1 rings (SSSR count). The van der Waals surface area contributed by atoms with E-state index < -0.39 is 0 Å². The van der Waals surface area contributed by atoms with Crippen molar-refractivity contribution in [1.29, 1.82) is 0 Å². The van der Waals surface area contributed by atoms with E-state index in [1.807, 2.05) is 0 Å². The van der Waals surface area contributed by atoms with Crippen LogP contribution in [0.4, 0.5) is 0 Å². The van der Waals surface area contributed by atoms with Gasteiger partial charge in [-0.1, -0.05) is 0 Å². The van der Waals surface area contributed by atoms with Crippen LogP contribution in [0.3, 0.4) is 0 Å². The van der Waals surface area contributed by atoms with E-state index in [4.69, 9.17) is 6.42 Å². The average molecular weight is 108 g/mol. The summed E-state index contributed by atoms with van der Waals surface area (Å²) in [7, 11) is 3.85. The SMILES string of the molecule is C#C[C@@H]1C[C@@H]1C#P. The van der Waals surface area contributed by atoms with Gasteiger partial charge in [0.15, 0.2) is 0 Å². The zero-order chi connectivity index (χ0) is 5.28. The van der Waals surface area contributed by atoms with E-state index in [1.165, 1.54) is 0 Å². The van der Waals surface area contributed by atoms with E-state index in [0.717, 1.165) is 6.42 Å². The maximum atomic E-state index is 5.08. The third-order valence-electron chi connectivity index (χ3n) is 1.17. The zero-order valence-electron chi connectivity index (χ0n) is 3.89. The normalized spacial score (nSPS) is 35.7. The molecule has 1 heteroatoms. The topological polar surface area (TPSA) is 0 Å². The van der Waals surface area contributed by atoms with Crippen LogP contribution in [0, 0.1) is 29.8 Å². The van der Waals surface area contributed by atoms with Crippen LogP contribution in [-0.2, 0) is 0 Å². The summed E-state index contributed by atoms with van der Waals surface area (Å²) < 4.78 is 0. The molecule has 0 spiro atoms. The Morgan fingerprint density at radius 3 is 2.43 bits per heavy atom. The molecule has 7 heavy (non-hydrogen) atoms. The third-order valence-corrected chi connectivity index (χ3v) is 1.50. The van der Waals surface area contributed by atoms with Crippen LogP contribution in [0.25, 0.3) is 0 Å². The molecular weight excluding hydrogens is 103 g/mol. The molecular formula is C6H5P. The van der Waals surface area contributed by atoms with Gasteiger partial charge in [0.2, 0.25) is 0 Å². The predicted octanol–water partition coefficient (Wildman–Crippen LogP) is 1.63. The van der Waals surface area contributed by atoms with Gasteiger partial charge in [0.25, 0.3) is 0 Å². The van der Waals surface area contributed by atoms with Gasteiger partial charge in [0, 0.05) is 0 Å². The summed E-state index contributed by atoms with van der Waals surface area (Å²) in [6.07, 6.45) is 6.17. The number of hydrogen-bond acceptors (Lipinski definition) is 0. The summed E-state index contributed by atoms with van der Waals surface area (Å²) >= 11 is 0. The van der Waals surface area contributed by atoms with E-state index in [9.17, 15) is 0 Å². The molecule has 0 saturated heterocycles. The van der Waals surface area contributed by atoms with Crippen LogP contribution < -0.4 is 0 Å². The molecule has 0 bridgehead atoms. The summed E-state index contributed by atoms with van der Waals surface area (Å²) in [6.45, 7) is 0. The van der Waals surface area contributed by atoms with Gasteiger partial charge in [-0.05, 0) is 0 Å². The standard InChI is InChI=1S/C6H5P/c1-2-5-3-6(5)4-7/h1,5-6H,3H2/t5-,6-/m1/s1. The van der Waals surface area contributed by atoms with Crippen LogP contribution in [-0.4, -0.2) is 0 Å². The Hall–Kier alpha value is -0.230. The molecule has 0 radical (unpaired) electrons. The fourth-order valence-electron chi connectivity index (χ4n) is 0.522. The van der Waals surface area contributed by atoms with Gasteiger partial charge in [-0.25, -0.2) is 0 Å². The Morgan fingerprint density at radius 2 is 2.29 bits per heavy atom. The van der Waals surface area contributed by atoms with Gasteiger partial charge in [0.1, 0.15) is 0 Å². The first-order valence-corrected chi connectivity index (χ1v) is 2.69. The molecule has 0 N–H and O–H groups in total. The second-order valence-corrected chi connectivity index (χ2v) is 2.00. The van der Waals surface area contributed by atoms with Crippen molar-refractivity contribution in [1.82, 2.24) is 0 Å². The molecule has 1 saturated carbocycles. The zero-order valence-corrected chi connectivity index (χ0v) is 4.78. The maximum absolute atomic E-state index is 5.08. The van der Waals surface area contributed by atoms with Gasteiger partial charge in [-0.3, -0.25) is 0 Å². The van der Waals surface area contributed by atoms with Gasteiger partial charge < -0.3 is 0 Å². The van der Waals surface area contributed by atoms with Crippen molar-refractivity contribution in [2.24, 2.45) is 11.8 Å². The molecule has 1 fully saturated rings. The van der Waals surface area contributed by atoms with Crippen molar-refractivity contribution >= 4 is 8.70 Å². The Morgan fingerprint density at radius 1 is 1.57 bits per heavy atom. The van der Waals surface area contributed by atoms with Gasteiger partial charge in [-0.2, -0.15) is 0 Å². The Labute approximate surface area is 45.8 Å². The van der Waals surface area contributed by atoms with Gasteiger partial charge in [0.05, 0.1) is 0 Å². The predicted molar refractivity (Wildman–Crippen MR) is 31.2 cm³/mol. The van der Waals surface area contributed by atoms with Crippen molar-refractivity contribution in [2.75, 3.05) is 0 Å². The van der Waals surface area contributed by atoms with Crippen LogP contribution in [0.1, 0.15) is 6.42 Å². The molecule has 2 atom stereocenters. The summed E-state index contributed by atoms with van der Waals surface area (Å²) in [6, 6.07) is 0. The third kappa shape index (κ3) is 0.859. The molecule has 34 valence electrons. The first kappa shape index (κ1) is 4.92. The molecule has 0 nitrogen and oxygen atoms in total. The number of terminal acetylenes is 1. The molecule has 0 aliphatic heterocycles. The Bertz CT molecular complexity index is 129. The fourth-order valence-corrected chi connectivity index (χ4v) is 0.807. The van der Waals surface area contributed by atoms with Crippen molar-refractivity contribution in [3.8, 4) is 18.0 Å². The molecule has 0 unspecified atom stereocenters. The minimum atomic E-state index is 0.456. The fraction of sp³-hybridized carbons (Fsp3) is 0.500. The Kier molecular flexibility index (Phi) is 1.20. The molecule has 0 heterocycles. The average Bonchev–Trinajstić information content (AvgIpc) is 2.43. The molecule has 0 aromatic heterocycles. The van der Waals surface area contributed by atoms with E-state index in [1.54, 1.807) is 0 Å².